The summed E-state index contributed by atoms with van der Waals surface area (Å²) in [5.41, 5.74) is 6.96. The Kier molecular flexibility index (Phi) is 4.55. The summed E-state index contributed by atoms with van der Waals surface area (Å²) in [6.45, 7) is 0. The molecule has 9 aromatic rings. The molecule has 0 aliphatic heterocycles. The molecule has 0 atom stereocenters. The molecule has 0 amide bonds. The van der Waals surface area contributed by atoms with Crippen LogP contribution in [0.1, 0.15) is 0 Å². The van der Waals surface area contributed by atoms with E-state index in [1.807, 2.05) is 0 Å². The molecule has 2 heterocycles. The third kappa shape index (κ3) is 3.03. The van der Waals surface area contributed by atoms with Crippen LogP contribution in [0.5, 0.6) is 0 Å². The summed E-state index contributed by atoms with van der Waals surface area (Å²) in [6, 6.07) is 46.4. The molecule has 0 saturated carbocycles. The van der Waals surface area contributed by atoms with Crippen molar-refractivity contribution in [1.29, 1.82) is 0 Å². The van der Waals surface area contributed by atoms with Crippen LogP contribution in [0.4, 0.5) is 0 Å². The van der Waals surface area contributed by atoms with E-state index >= 15 is 0 Å². The first kappa shape index (κ1) is 22.0. The minimum atomic E-state index is 0.931. The maximum atomic E-state index is 6.42. The maximum Gasteiger partial charge on any atom is 0.153 e. The van der Waals surface area contributed by atoms with Crippen LogP contribution >= 0.6 is 11.3 Å². The number of fused-ring (bicyclic) bond motifs is 8. The average molecular weight is 527 g/mol. The summed E-state index contributed by atoms with van der Waals surface area (Å²) in [7, 11) is 0. The number of rotatable bonds is 2. The third-order valence-corrected chi connectivity index (χ3v) is 9.27. The third-order valence-electron chi connectivity index (χ3n) is 8.34. The van der Waals surface area contributed by atoms with Crippen molar-refractivity contribution in [3.05, 3.63) is 133 Å². The minimum Gasteiger partial charge on any atom is -0.455 e. The van der Waals surface area contributed by atoms with Gasteiger partial charge in [-0.1, -0.05) is 103 Å². The lowest BCUT2D eigenvalue weighted by atomic mass is 9.84. The number of furan rings is 1. The molecule has 0 aliphatic carbocycles. The van der Waals surface area contributed by atoms with Gasteiger partial charge in [0.2, 0.25) is 0 Å². The SMILES string of the molecule is c1ccc2c(-c3c4ccccc4c(-c4ccc5oc6c(ccc7ccsc76)c5c4)c4ccccc34)cccc2c1. The standard InChI is InChI=1S/C38H22OS/c1-2-10-26-23(8-1)9-7-15-27(26)36-30-13-5-3-11-28(30)35(29-12-4-6-14-31(29)36)25-17-19-34-33(22-25)32-18-16-24-20-21-40-38(24)37(32)39-34/h1-22H. The quantitative estimate of drug-likeness (QED) is 0.204. The molecule has 0 unspecified atom stereocenters. The Labute approximate surface area is 234 Å². The van der Waals surface area contributed by atoms with Crippen molar-refractivity contribution >= 4 is 75.7 Å². The van der Waals surface area contributed by atoms with Gasteiger partial charge in [0.05, 0.1) is 4.70 Å². The van der Waals surface area contributed by atoms with E-state index in [0.29, 0.717) is 0 Å². The van der Waals surface area contributed by atoms with Crippen LogP contribution in [-0.4, -0.2) is 0 Å². The summed E-state index contributed by atoms with van der Waals surface area (Å²) in [4.78, 5) is 0. The second kappa shape index (κ2) is 8.29. The lowest BCUT2D eigenvalue weighted by Gasteiger charge is -2.18. The molecule has 0 N–H and O–H groups in total. The summed E-state index contributed by atoms with van der Waals surface area (Å²) in [6.07, 6.45) is 0. The minimum absolute atomic E-state index is 0.931. The number of thiophene rings is 1. The lowest BCUT2D eigenvalue weighted by Crippen LogP contribution is -1.91. The molecule has 0 spiro atoms. The molecule has 2 heteroatoms. The lowest BCUT2D eigenvalue weighted by molar-refractivity contribution is 0.673. The van der Waals surface area contributed by atoms with Crippen LogP contribution in [0.3, 0.4) is 0 Å². The molecule has 0 saturated heterocycles. The first-order valence-electron chi connectivity index (χ1n) is 13.6. The topological polar surface area (TPSA) is 13.1 Å². The summed E-state index contributed by atoms with van der Waals surface area (Å²) in [5, 5.41) is 13.3. The van der Waals surface area contributed by atoms with E-state index in [1.165, 1.54) is 70.0 Å². The van der Waals surface area contributed by atoms with E-state index in [0.717, 1.165) is 16.6 Å². The van der Waals surface area contributed by atoms with Crippen molar-refractivity contribution < 1.29 is 4.42 Å². The van der Waals surface area contributed by atoms with Crippen LogP contribution in [-0.2, 0) is 0 Å². The van der Waals surface area contributed by atoms with Crippen LogP contribution < -0.4 is 0 Å². The highest BCUT2D eigenvalue weighted by atomic mass is 32.1. The van der Waals surface area contributed by atoms with Crippen LogP contribution in [0.15, 0.2) is 137 Å². The number of hydrogen-bond acceptors (Lipinski definition) is 2. The van der Waals surface area contributed by atoms with Crippen molar-refractivity contribution in [3.8, 4) is 22.3 Å². The zero-order valence-corrected chi connectivity index (χ0v) is 22.3. The van der Waals surface area contributed by atoms with Crippen LogP contribution in [0, 0.1) is 0 Å². The average Bonchev–Trinajstić information content (AvgIpc) is 3.64. The van der Waals surface area contributed by atoms with E-state index < -0.39 is 0 Å². The van der Waals surface area contributed by atoms with Gasteiger partial charge >= 0.3 is 0 Å². The van der Waals surface area contributed by atoms with E-state index in [-0.39, 0.29) is 0 Å². The van der Waals surface area contributed by atoms with Gasteiger partial charge in [0, 0.05) is 10.8 Å². The van der Waals surface area contributed by atoms with Gasteiger partial charge in [-0.25, -0.2) is 0 Å². The van der Waals surface area contributed by atoms with Crippen LogP contribution in [0.25, 0.3) is 86.6 Å². The summed E-state index contributed by atoms with van der Waals surface area (Å²) < 4.78 is 7.63. The van der Waals surface area contributed by atoms with Gasteiger partial charge in [0.1, 0.15) is 5.58 Å². The molecule has 186 valence electrons. The Morgan fingerprint density at radius 2 is 1.12 bits per heavy atom. The van der Waals surface area contributed by atoms with E-state index in [9.17, 15) is 0 Å². The maximum absolute atomic E-state index is 6.42. The van der Waals surface area contributed by atoms with E-state index in [2.05, 4.69) is 133 Å². The zero-order chi connectivity index (χ0) is 26.2. The normalized spacial score (nSPS) is 12.0. The zero-order valence-electron chi connectivity index (χ0n) is 21.5. The Hall–Kier alpha value is -4.92. The Bertz CT molecular complexity index is 2380. The summed E-state index contributed by atoms with van der Waals surface area (Å²) >= 11 is 1.74. The molecule has 0 bridgehead atoms. The smallest absolute Gasteiger partial charge is 0.153 e. The largest absolute Gasteiger partial charge is 0.455 e. The van der Waals surface area contributed by atoms with Gasteiger partial charge < -0.3 is 4.42 Å². The highest BCUT2D eigenvalue weighted by Crippen LogP contribution is 2.46. The highest BCUT2D eigenvalue weighted by molar-refractivity contribution is 7.18. The second-order valence-electron chi connectivity index (χ2n) is 10.5. The monoisotopic (exact) mass is 526 g/mol. The van der Waals surface area contributed by atoms with Gasteiger partial charge in [-0.3, -0.25) is 0 Å². The van der Waals surface area contributed by atoms with Gasteiger partial charge in [0.15, 0.2) is 5.58 Å². The molecule has 9 rings (SSSR count). The fourth-order valence-corrected chi connectivity index (χ4v) is 7.47. The van der Waals surface area contributed by atoms with Gasteiger partial charge in [-0.15, -0.1) is 11.3 Å². The molecule has 2 aromatic heterocycles. The van der Waals surface area contributed by atoms with Crippen molar-refractivity contribution in [2.24, 2.45) is 0 Å². The van der Waals surface area contributed by atoms with Gasteiger partial charge in [0.25, 0.3) is 0 Å². The molecule has 0 aliphatic rings. The highest BCUT2D eigenvalue weighted by Gasteiger charge is 2.19. The van der Waals surface area contributed by atoms with Crippen molar-refractivity contribution in [2.45, 2.75) is 0 Å². The molecule has 1 nitrogen and oxygen atoms in total. The fourth-order valence-electron chi connectivity index (χ4n) is 6.59. The predicted octanol–water partition coefficient (Wildman–Crippen LogP) is 11.6. The molecule has 7 aromatic carbocycles. The van der Waals surface area contributed by atoms with Gasteiger partial charge in [-0.05, 0) is 89.6 Å². The number of benzene rings is 7. The van der Waals surface area contributed by atoms with Crippen molar-refractivity contribution in [2.75, 3.05) is 0 Å². The molecule has 0 radical (unpaired) electrons. The van der Waals surface area contributed by atoms with Crippen LogP contribution in [0.2, 0.25) is 0 Å². The predicted molar refractivity (Wildman–Crippen MR) is 172 cm³/mol. The first-order chi connectivity index (χ1) is 19.8. The molecule has 0 fully saturated rings. The number of hydrogen-bond donors (Lipinski definition) is 0. The Balaban J connectivity index is 1.40. The Morgan fingerprint density at radius 1 is 0.450 bits per heavy atom. The molecule has 40 heavy (non-hydrogen) atoms. The summed E-state index contributed by atoms with van der Waals surface area (Å²) in [5.74, 6) is 0. The van der Waals surface area contributed by atoms with E-state index in [1.54, 1.807) is 11.3 Å². The molecular formula is C38H22OS. The van der Waals surface area contributed by atoms with Gasteiger partial charge in [-0.2, -0.15) is 0 Å². The fraction of sp³-hybridized carbons (Fsp3) is 0. The second-order valence-corrected chi connectivity index (χ2v) is 11.4. The van der Waals surface area contributed by atoms with Crippen molar-refractivity contribution in [3.63, 3.8) is 0 Å². The van der Waals surface area contributed by atoms with E-state index in [4.69, 9.17) is 4.42 Å². The first-order valence-corrected chi connectivity index (χ1v) is 14.5. The van der Waals surface area contributed by atoms with Crippen molar-refractivity contribution in [1.82, 2.24) is 0 Å². The Morgan fingerprint density at radius 3 is 1.90 bits per heavy atom. The molecular weight excluding hydrogens is 504 g/mol.